The molecule has 0 aliphatic heterocycles. The van der Waals surface area contributed by atoms with Gasteiger partial charge in [-0.2, -0.15) is 5.10 Å². The molecule has 2 aromatic heterocycles. The van der Waals surface area contributed by atoms with E-state index in [0.717, 1.165) is 12.3 Å². The number of aromatic carboxylic acids is 1. The van der Waals surface area contributed by atoms with E-state index in [9.17, 15) is 9.59 Å². The van der Waals surface area contributed by atoms with Gasteiger partial charge in [0.2, 0.25) is 0 Å². The minimum Gasteiger partial charge on any atom is -0.478 e. The lowest BCUT2D eigenvalue weighted by Gasteiger charge is -1.98. The summed E-state index contributed by atoms with van der Waals surface area (Å²) in [5.74, 6) is -1.28. The van der Waals surface area contributed by atoms with Gasteiger partial charge in [-0.3, -0.25) is 9.48 Å². The summed E-state index contributed by atoms with van der Waals surface area (Å²) in [6.07, 6.45) is 2.52. The summed E-state index contributed by atoms with van der Waals surface area (Å²) in [5, 5.41) is 15.2. The summed E-state index contributed by atoms with van der Waals surface area (Å²) in [4.78, 5) is 26.1. The summed E-state index contributed by atoms with van der Waals surface area (Å²) in [6, 6.07) is 1.16. The standard InChI is InChI=1S/C10H10N4O4/c1-14-5-12-8(13-14)3-11-9(15)7-2-6(4-18-7)10(16)17/h2,4-5H,3H2,1H3,(H,11,15)(H,16,17). The van der Waals surface area contributed by atoms with Gasteiger partial charge in [0.15, 0.2) is 11.6 Å². The van der Waals surface area contributed by atoms with Crippen molar-refractivity contribution in [2.45, 2.75) is 6.54 Å². The highest BCUT2D eigenvalue weighted by Crippen LogP contribution is 2.07. The maximum Gasteiger partial charge on any atom is 0.338 e. The molecular weight excluding hydrogens is 240 g/mol. The lowest BCUT2D eigenvalue weighted by Crippen LogP contribution is -2.23. The second-order valence-corrected chi connectivity index (χ2v) is 3.52. The number of carboxylic acids is 1. The smallest absolute Gasteiger partial charge is 0.338 e. The van der Waals surface area contributed by atoms with E-state index in [1.807, 2.05) is 0 Å². The molecule has 8 heteroatoms. The van der Waals surface area contributed by atoms with Gasteiger partial charge >= 0.3 is 5.97 Å². The number of carbonyl (C=O) groups excluding carboxylic acids is 1. The minimum absolute atomic E-state index is 0.0664. The molecule has 0 atom stereocenters. The zero-order chi connectivity index (χ0) is 13.1. The molecule has 0 aromatic carbocycles. The molecule has 0 unspecified atom stereocenters. The van der Waals surface area contributed by atoms with Gasteiger partial charge in [-0.1, -0.05) is 0 Å². The van der Waals surface area contributed by atoms with Gasteiger partial charge in [0.1, 0.15) is 12.6 Å². The second-order valence-electron chi connectivity index (χ2n) is 3.52. The van der Waals surface area contributed by atoms with Crippen LogP contribution < -0.4 is 5.32 Å². The third kappa shape index (κ3) is 2.54. The van der Waals surface area contributed by atoms with Crippen LogP contribution in [-0.4, -0.2) is 31.7 Å². The number of amides is 1. The summed E-state index contributed by atoms with van der Waals surface area (Å²) >= 11 is 0. The zero-order valence-corrected chi connectivity index (χ0v) is 9.45. The van der Waals surface area contributed by atoms with Crippen molar-refractivity contribution in [2.24, 2.45) is 7.05 Å². The highest BCUT2D eigenvalue weighted by atomic mass is 16.4. The Morgan fingerprint density at radius 1 is 1.56 bits per heavy atom. The Bertz CT molecular complexity index is 586. The predicted octanol–water partition coefficient (Wildman–Crippen LogP) is 0.0363. The molecule has 0 spiro atoms. The zero-order valence-electron chi connectivity index (χ0n) is 9.45. The third-order valence-corrected chi connectivity index (χ3v) is 2.12. The number of rotatable bonds is 4. The number of hydrogen-bond donors (Lipinski definition) is 2. The second kappa shape index (κ2) is 4.70. The van der Waals surface area contributed by atoms with Crippen LogP contribution in [-0.2, 0) is 13.6 Å². The molecule has 2 N–H and O–H groups in total. The Kier molecular flexibility index (Phi) is 3.09. The molecule has 1 amide bonds. The van der Waals surface area contributed by atoms with Crippen molar-refractivity contribution in [3.05, 3.63) is 35.8 Å². The molecule has 0 aliphatic carbocycles. The predicted molar refractivity (Wildman–Crippen MR) is 57.8 cm³/mol. The number of hydrogen-bond acceptors (Lipinski definition) is 5. The molecule has 8 nitrogen and oxygen atoms in total. The summed E-state index contributed by atoms with van der Waals surface area (Å²) < 4.78 is 6.35. The van der Waals surface area contributed by atoms with Gasteiger partial charge in [-0.25, -0.2) is 9.78 Å². The molecule has 0 radical (unpaired) electrons. The maximum atomic E-state index is 11.6. The number of carbonyl (C=O) groups is 2. The van der Waals surface area contributed by atoms with Gasteiger partial charge in [-0.05, 0) is 0 Å². The molecule has 94 valence electrons. The van der Waals surface area contributed by atoms with Crippen LogP contribution in [0.25, 0.3) is 0 Å². The molecule has 0 saturated carbocycles. The van der Waals surface area contributed by atoms with Gasteiger partial charge in [-0.15, -0.1) is 0 Å². The number of nitrogens with one attached hydrogen (secondary N) is 1. The van der Waals surface area contributed by atoms with E-state index < -0.39 is 11.9 Å². The minimum atomic E-state index is -1.15. The van der Waals surface area contributed by atoms with Crippen molar-refractivity contribution in [3.8, 4) is 0 Å². The number of carboxylic acid groups (broad SMARTS) is 1. The molecule has 2 aromatic rings. The van der Waals surface area contributed by atoms with Crippen molar-refractivity contribution in [1.82, 2.24) is 20.1 Å². The van der Waals surface area contributed by atoms with Crippen LogP contribution in [0.15, 0.2) is 23.1 Å². The lowest BCUT2D eigenvalue weighted by molar-refractivity contribution is 0.0696. The summed E-state index contributed by atoms with van der Waals surface area (Å²) in [7, 11) is 1.71. The number of nitrogens with zero attached hydrogens (tertiary/aromatic N) is 3. The fourth-order valence-electron chi connectivity index (χ4n) is 1.28. The largest absolute Gasteiger partial charge is 0.478 e. The molecule has 18 heavy (non-hydrogen) atoms. The fraction of sp³-hybridized carbons (Fsp3) is 0.200. The summed E-state index contributed by atoms with van der Waals surface area (Å²) in [6.45, 7) is 0.142. The van der Waals surface area contributed by atoms with Crippen LogP contribution in [0.5, 0.6) is 0 Å². The lowest BCUT2D eigenvalue weighted by atomic mass is 10.3. The Hall–Kier alpha value is -2.64. The Morgan fingerprint density at radius 2 is 2.33 bits per heavy atom. The van der Waals surface area contributed by atoms with Crippen LogP contribution in [0.3, 0.4) is 0 Å². The van der Waals surface area contributed by atoms with Gasteiger partial charge in [0.05, 0.1) is 12.1 Å². The van der Waals surface area contributed by atoms with Crippen molar-refractivity contribution in [1.29, 1.82) is 0 Å². The average molecular weight is 250 g/mol. The van der Waals surface area contributed by atoms with Crippen molar-refractivity contribution >= 4 is 11.9 Å². The van der Waals surface area contributed by atoms with E-state index in [0.29, 0.717) is 5.82 Å². The van der Waals surface area contributed by atoms with Crippen LogP contribution in [0.4, 0.5) is 0 Å². The van der Waals surface area contributed by atoms with Crippen LogP contribution >= 0.6 is 0 Å². The Balaban J connectivity index is 1.97. The van der Waals surface area contributed by atoms with Gasteiger partial charge in [0, 0.05) is 13.1 Å². The fourth-order valence-corrected chi connectivity index (χ4v) is 1.28. The molecule has 0 aliphatic rings. The number of furan rings is 1. The van der Waals surface area contributed by atoms with Gasteiger partial charge in [0.25, 0.3) is 5.91 Å². The van der Waals surface area contributed by atoms with Gasteiger partial charge < -0.3 is 14.8 Å². The van der Waals surface area contributed by atoms with Crippen LogP contribution in [0, 0.1) is 0 Å². The first-order chi connectivity index (χ1) is 8.56. The molecule has 0 bridgehead atoms. The highest BCUT2D eigenvalue weighted by Gasteiger charge is 2.14. The molecule has 2 heterocycles. The van der Waals surface area contributed by atoms with E-state index in [-0.39, 0.29) is 17.9 Å². The van der Waals surface area contributed by atoms with E-state index in [1.165, 1.54) is 11.0 Å². The number of aromatic nitrogens is 3. The van der Waals surface area contributed by atoms with Crippen LogP contribution in [0.2, 0.25) is 0 Å². The monoisotopic (exact) mass is 250 g/mol. The normalized spacial score (nSPS) is 10.3. The topological polar surface area (TPSA) is 110 Å². The first-order valence-electron chi connectivity index (χ1n) is 5.01. The first-order valence-corrected chi connectivity index (χ1v) is 5.01. The third-order valence-electron chi connectivity index (χ3n) is 2.12. The summed E-state index contributed by atoms with van der Waals surface area (Å²) in [5.41, 5.74) is -0.0730. The molecular formula is C10H10N4O4. The molecule has 0 saturated heterocycles. The van der Waals surface area contributed by atoms with E-state index in [1.54, 1.807) is 7.05 Å². The SMILES string of the molecule is Cn1cnc(CNC(=O)c2cc(C(=O)O)co2)n1. The van der Waals surface area contributed by atoms with Crippen molar-refractivity contribution in [3.63, 3.8) is 0 Å². The Morgan fingerprint density at radius 3 is 2.89 bits per heavy atom. The quantitative estimate of drug-likeness (QED) is 0.792. The van der Waals surface area contributed by atoms with E-state index in [2.05, 4.69) is 15.4 Å². The highest BCUT2D eigenvalue weighted by molar-refractivity contribution is 5.95. The average Bonchev–Trinajstić information content (AvgIpc) is 2.94. The van der Waals surface area contributed by atoms with E-state index >= 15 is 0 Å². The first kappa shape index (κ1) is 11.8. The molecule has 0 fully saturated rings. The van der Waals surface area contributed by atoms with Crippen LogP contribution in [0.1, 0.15) is 26.7 Å². The number of aryl methyl sites for hydroxylation is 1. The Labute approximate surface area is 101 Å². The van der Waals surface area contributed by atoms with Crippen molar-refractivity contribution < 1.29 is 19.1 Å². The molecule has 2 rings (SSSR count). The van der Waals surface area contributed by atoms with Crippen molar-refractivity contribution in [2.75, 3.05) is 0 Å². The van der Waals surface area contributed by atoms with E-state index in [4.69, 9.17) is 9.52 Å². The maximum absolute atomic E-state index is 11.6.